The molecule has 1 aliphatic heterocycles. The van der Waals surface area contributed by atoms with Crippen molar-refractivity contribution in [3.63, 3.8) is 0 Å². The minimum atomic E-state index is -0.486. The number of aryl methyl sites for hydroxylation is 1. The Morgan fingerprint density at radius 2 is 1.96 bits per heavy atom. The Balaban J connectivity index is 1.70. The van der Waals surface area contributed by atoms with E-state index in [4.69, 9.17) is 0 Å². The molecule has 2 aromatic rings. The summed E-state index contributed by atoms with van der Waals surface area (Å²) in [6.07, 6.45) is 2.18. The van der Waals surface area contributed by atoms with Gasteiger partial charge in [0.05, 0.1) is 5.56 Å². The van der Waals surface area contributed by atoms with Gasteiger partial charge in [-0.3, -0.25) is 4.79 Å². The summed E-state index contributed by atoms with van der Waals surface area (Å²) >= 11 is 0. The fourth-order valence-corrected chi connectivity index (χ4v) is 2.87. The smallest absolute Gasteiger partial charge is 0.254 e. The highest BCUT2D eigenvalue weighted by Gasteiger charge is 2.17. The molecule has 0 saturated carbocycles. The quantitative estimate of drug-likeness (QED) is 0.909. The molecule has 0 spiro atoms. The molecule has 2 aromatic carbocycles. The third kappa shape index (κ3) is 3.77. The van der Waals surface area contributed by atoms with Gasteiger partial charge in [-0.1, -0.05) is 35.9 Å². The summed E-state index contributed by atoms with van der Waals surface area (Å²) in [6.45, 7) is 3.54. The molecule has 1 atom stereocenters. The van der Waals surface area contributed by atoms with Crippen molar-refractivity contribution in [1.82, 2.24) is 10.6 Å². The largest absolute Gasteiger partial charge is 0.350 e. The Labute approximate surface area is 135 Å². The number of carbonyl (C=O) groups is 1. The predicted octanol–water partition coefficient (Wildman–Crippen LogP) is 3.28. The fraction of sp³-hybridized carbons (Fsp3) is 0.316. The van der Waals surface area contributed by atoms with Crippen molar-refractivity contribution >= 4 is 5.91 Å². The van der Waals surface area contributed by atoms with Crippen molar-refractivity contribution in [2.45, 2.75) is 25.8 Å². The summed E-state index contributed by atoms with van der Waals surface area (Å²) in [5.41, 5.74) is 2.97. The topological polar surface area (TPSA) is 41.1 Å². The van der Waals surface area contributed by atoms with Crippen LogP contribution in [-0.4, -0.2) is 25.0 Å². The maximum absolute atomic E-state index is 14.3. The van der Waals surface area contributed by atoms with Gasteiger partial charge in [-0.15, -0.1) is 0 Å². The zero-order valence-electron chi connectivity index (χ0n) is 13.2. The fourth-order valence-electron chi connectivity index (χ4n) is 2.87. The molecule has 3 rings (SSSR count). The second-order valence-corrected chi connectivity index (χ2v) is 6.06. The average Bonchev–Trinajstić information content (AvgIpc) is 3.06. The number of nitrogens with one attached hydrogen (secondary N) is 2. The molecule has 2 N–H and O–H groups in total. The van der Waals surface area contributed by atoms with Gasteiger partial charge in [-0.2, -0.15) is 0 Å². The Hall–Kier alpha value is -2.20. The van der Waals surface area contributed by atoms with Crippen molar-refractivity contribution in [1.29, 1.82) is 0 Å². The zero-order chi connectivity index (χ0) is 16.2. The molecule has 0 aromatic heterocycles. The van der Waals surface area contributed by atoms with E-state index >= 15 is 0 Å². The predicted molar refractivity (Wildman–Crippen MR) is 89.9 cm³/mol. The number of carbonyl (C=O) groups excluding carboxylic acids is 1. The van der Waals surface area contributed by atoms with Gasteiger partial charge in [0.2, 0.25) is 0 Å². The summed E-state index contributed by atoms with van der Waals surface area (Å²) in [4.78, 5) is 12.1. The maximum Gasteiger partial charge on any atom is 0.254 e. The second kappa shape index (κ2) is 6.92. The van der Waals surface area contributed by atoms with Crippen LogP contribution < -0.4 is 10.6 Å². The van der Waals surface area contributed by atoms with Crippen molar-refractivity contribution < 1.29 is 9.18 Å². The molecule has 4 heteroatoms. The van der Waals surface area contributed by atoms with Crippen LogP contribution in [-0.2, 0) is 0 Å². The molecule has 0 aliphatic carbocycles. The van der Waals surface area contributed by atoms with E-state index in [1.54, 1.807) is 12.1 Å². The van der Waals surface area contributed by atoms with Crippen molar-refractivity contribution in [2.24, 2.45) is 0 Å². The van der Waals surface area contributed by atoms with Crippen LogP contribution in [0.2, 0.25) is 0 Å². The lowest BCUT2D eigenvalue weighted by Crippen LogP contribution is -2.37. The molecule has 1 saturated heterocycles. The normalized spacial score (nSPS) is 17.2. The minimum Gasteiger partial charge on any atom is -0.350 e. The van der Waals surface area contributed by atoms with Crippen LogP contribution in [0, 0.1) is 12.7 Å². The van der Waals surface area contributed by atoms with Crippen LogP contribution in [0.5, 0.6) is 0 Å². The lowest BCUT2D eigenvalue weighted by Gasteiger charge is -2.12. The van der Waals surface area contributed by atoms with Crippen LogP contribution in [0.25, 0.3) is 11.1 Å². The SMILES string of the molecule is Cc1ccc(-c2ccc(C(=O)NCC3CCCN3)c(F)c2)cc1. The van der Waals surface area contributed by atoms with Crippen LogP contribution in [0.1, 0.15) is 28.8 Å². The standard InChI is InChI=1S/C19H21FN2O/c1-13-4-6-14(7-5-13)15-8-9-17(18(20)11-15)19(23)22-12-16-3-2-10-21-16/h4-9,11,16,21H,2-3,10,12H2,1H3,(H,22,23). The summed E-state index contributed by atoms with van der Waals surface area (Å²) in [6, 6.07) is 13.0. The van der Waals surface area contributed by atoms with Crippen LogP contribution >= 0.6 is 0 Å². The molecule has 3 nitrogen and oxygen atoms in total. The molecule has 0 radical (unpaired) electrons. The molecule has 1 fully saturated rings. The zero-order valence-corrected chi connectivity index (χ0v) is 13.2. The van der Waals surface area contributed by atoms with Crippen LogP contribution in [0.4, 0.5) is 4.39 Å². The van der Waals surface area contributed by atoms with E-state index in [0.717, 1.165) is 36.1 Å². The molecule has 1 unspecified atom stereocenters. The summed E-state index contributed by atoms with van der Waals surface area (Å²) < 4.78 is 14.3. The molecule has 0 bridgehead atoms. The van der Waals surface area contributed by atoms with E-state index in [2.05, 4.69) is 10.6 Å². The summed E-state index contributed by atoms with van der Waals surface area (Å²) in [5.74, 6) is -0.841. The number of rotatable bonds is 4. The highest BCUT2D eigenvalue weighted by atomic mass is 19.1. The molecule has 1 amide bonds. The van der Waals surface area contributed by atoms with Crippen LogP contribution in [0.15, 0.2) is 42.5 Å². The third-order valence-corrected chi connectivity index (χ3v) is 4.27. The van der Waals surface area contributed by atoms with E-state index < -0.39 is 5.82 Å². The Morgan fingerprint density at radius 1 is 1.22 bits per heavy atom. The third-order valence-electron chi connectivity index (χ3n) is 4.27. The first kappa shape index (κ1) is 15.7. The van der Waals surface area contributed by atoms with E-state index in [0.29, 0.717) is 12.6 Å². The van der Waals surface area contributed by atoms with Gasteiger partial charge in [0.25, 0.3) is 5.91 Å². The first-order valence-corrected chi connectivity index (χ1v) is 8.01. The highest BCUT2D eigenvalue weighted by molar-refractivity contribution is 5.95. The van der Waals surface area contributed by atoms with E-state index in [1.807, 2.05) is 31.2 Å². The van der Waals surface area contributed by atoms with Gasteiger partial charge in [0.15, 0.2) is 0 Å². The first-order valence-electron chi connectivity index (χ1n) is 8.01. The summed E-state index contributed by atoms with van der Waals surface area (Å²) in [5, 5.41) is 6.11. The van der Waals surface area contributed by atoms with E-state index in [9.17, 15) is 9.18 Å². The maximum atomic E-state index is 14.3. The Kier molecular flexibility index (Phi) is 4.72. The molecule has 1 heterocycles. The summed E-state index contributed by atoms with van der Waals surface area (Å²) in [7, 11) is 0. The van der Waals surface area contributed by atoms with Crippen molar-refractivity contribution in [3.05, 3.63) is 59.4 Å². The molecular formula is C19H21FN2O. The number of hydrogen-bond donors (Lipinski definition) is 2. The van der Waals surface area contributed by atoms with Crippen LogP contribution in [0.3, 0.4) is 0 Å². The van der Waals surface area contributed by atoms with Gasteiger partial charge in [-0.25, -0.2) is 4.39 Å². The van der Waals surface area contributed by atoms with E-state index in [-0.39, 0.29) is 11.5 Å². The minimum absolute atomic E-state index is 0.0962. The Morgan fingerprint density at radius 3 is 2.61 bits per heavy atom. The van der Waals surface area contributed by atoms with Crippen molar-refractivity contribution in [2.75, 3.05) is 13.1 Å². The van der Waals surface area contributed by atoms with Gasteiger partial charge in [0, 0.05) is 12.6 Å². The number of benzene rings is 2. The molecule has 120 valence electrons. The van der Waals surface area contributed by atoms with Gasteiger partial charge in [0.1, 0.15) is 5.82 Å². The highest BCUT2D eigenvalue weighted by Crippen LogP contribution is 2.22. The monoisotopic (exact) mass is 312 g/mol. The lowest BCUT2D eigenvalue weighted by molar-refractivity contribution is 0.0946. The molecule has 1 aliphatic rings. The van der Waals surface area contributed by atoms with Gasteiger partial charge < -0.3 is 10.6 Å². The van der Waals surface area contributed by atoms with Crippen molar-refractivity contribution in [3.8, 4) is 11.1 Å². The van der Waals surface area contributed by atoms with Gasteiger partial charge >= 0.3 is 0 Å². The molecule has 23 heavy (non-hydrogen) atoms. The number of halogens is 1. The lowest BCUT2D eigenvalue weighted by atomic mass is 10.0. The second-order valence-electron chi connectivity index (χ2n) is 6.06. The molecular weight excluding hydrogens is 291 g/mol. The first-order chi connectivity index (χ1) is 11.1. The Bertz CT molecular complexity index is 691. The average molecular weight is 312 g/mol. The van der Waals surface area contributed by atoms with Gasteiger partial charge in [-0.05, 0) is 49.6 Å². The number of hydrogen-bond acceptors (Lipinski definition) is 2. The number of amides is 1. The van der Waals surface area contributed by atoms with E-state index in [1.165, 1.54) is 6.07 Å².